The number of carbonyl (C=O) groups excluding carboxylic acids is 2. The van der Waals surface area contributed by atoms with E-state index >= 15 is 0 Å². The summed E-state index contributed by atoms with van der Waals surface area (Å²) in [6.07, 6.45) is 3.41. The molecular weight excluding hydrogens is 420 g/mol. The maximum atomic E-state index is 13.0. The van der Waals surface area contributed by atoms with E-state index in [4.69, 9.17) is 14.3 Å². The topological polar surface area (TPSA) is 89.6 Å². The van der Waals surface area contributed by atoms with Gasteiger partial charge in [-0.25, -0.2) is 0 Å². The number of rotatable bonds is 5. The Morgan fingerprint density at radius 2 is 1.91 bits per heavy atom. The molecule has 0 bridgehead atoms. The molecule has 3 aromatic rings. The van der Waals surface area contributed by atoms with Gasteiger partial charge in [-0.3, -0.25) is 14.3 Å². The SMILES string of the molecule is Cc1c(C(=O)N2CCOCC2)oc2c1-c1nn(CC(=O)N[C@H](C)c3ccccc3)cc1CC2. The molecule has 8 heteroatoms. The lowest BCUT2D eigenvalue weighted by molar-refractivity contribution is -0.122. The van der Waals surface area contributed by atoms with Gasteiger partial charge in [-0.05, 0) is 31.4 Å². The molecule has 0 spiro atoms. The number of aromatic nitrogens is 2. The van der Waals surface area contributed by atoms with E-state index in [1.54, 1.807) is 9.58 Å². The first-order valence-corrected chi connectivity index (χ1v) is 11.4. The van der Waals surface area contributed by atoms with E-state index in [2.05, 4.69) is 5.32 Å². The van der Waals surface area contributed by atoms with Crippen molar-refractivity contribution in [2.45, 2.75) is 39.3 Å². The Hall–Kier alpha value is -3.39. The van der Waals surface area contributed by atoms with Gasteiger partial charge in [0, 0.05) is 36.8 Å². The first-order valence-electron chi connectivity index (χ1n) is 11.4. The molecule has 1 aliphatic heterocycles. The zero-order chi connectivity index (χ0) is 22.9. The highest BCUT2D eigenvalue weighted by molar-refractivity contribution is 5.95. The Kier molecular flexibility index (Phi) is 5.76. The highest BCUT2D eigenvalue weighted by atomic mass is 16.5. The van der Waals surface area contributed by atoms with Crippen molar-refractivity contribution < 1.29 is 18.7 Å². The minimum absolute atomic E-state index is 0.0830. The summed E-state index contributed by atoms with van der Waals surface area (Å²) in [7, 11) is 0. The van der Waals surface area contributed by atoms with Crippen LogP contribution in [0, 0.1) is 6.92 Å². The molecule has 1 saturated heterocycles. The number of fused-ring (bicyclic) bond motifs is 3. The van der Waals surface area contributed by atoms with Gasteiger partial charge in [0.2, 0.25) is 5.91 Å². The number of nitrogens with zero attached hydrogens (tertiary/aromatic N) is 3. The maximum Gasteiger partial charge on any atom is 0.290 e. The fraction of sp³-hybridized carbons (Fsp3) is 0.400. The zero-order valence-corrected chi connectivity index (χ0v) is 19.0. The molecule has 1 atom stereocenters. The van der Waals surface area contributed by atoms with Gasteiger partial charge in [0.1, 0.15) is 12.3 Å². The minimum Gasteiger partial charge on any atom is -0.455 e. The molecule has 1 aliphatic carbocycles. The molecular formula is C25H28N4O4. The van der Waals surface area contributed by atoms with Gasteiger partial charge in [0.25, 0.3) is 5.91 Å². The molecule has 0 unspecified atom stereocenters. The van der Waals surface area contributed by atoms with Gasteiger partial charge in [-0.15, -0.1) is 0 Å². The monoisotopic (exact) mass is 448 g/mol. The lowest BCUT2D eigenvalue weighted by Gasteiger charge is -2.26. The first kappa shape index (κ1) is 21.5. The van der Waals surface area contributed by atoms with Gasteiger partial charge < -0.3 is 19.4 Å². The van der Waals surface area contributed by atoms with Gasteiger partial charge in [0.05, 0.1) is 24.9 Å². The van der Waals surface area contributed by atoms with Crippen LogP contribution in [0.15, 0.2) is 40.9 Å². The summed E-state index contributed by atoms with van der Waals surface area (Å²) in [4.78, 5) is 27.4. The van der Waals surface area contributed by atoms with Crippen molar-refractivity contribution in [3.63, 3.8) is 0 Å². The number of nitrogens with one attached hydrogen (secondary N) is 1. The molecule has 2 amide bonds. The van der Waals surface area contributed by atoms with E-state index in [9.17, 15) is 9.59 Å². The van der Waals surface area contributed by atoms with Crippen LogP contribution in [0.4, 0.5) is 0 Å². The van der Waals surface area contributed by atoms with E-state index in [1.165, 1.54) is 0 Å². The molecule has 2 aromatic heterocycles. The summed E-state index contributed by atoms with van der Waals surface area (Å²) in [5, 5.41) is 7.74. The van der Waals surface area contributed by atoms with Crippen LogP contribution in [0.3, 0.4) is 0 Å². The van der Waals surface area contributed by atoms with Crippen molar-refractivity contribution >= 4 is 11.8 Å². The summed E-state index contributed by atoms with van der Waals surface area (Å²) >= 11 is 0. The summed E-state index contributed by atoms with van der Waals surface area (Å²) in [5.74, 6) is 0.988. The average molecular weight is 449 g/mol. The minimum atomic E-state index is -0.0986. The summed E-state index contributed by atoms with van der Waals surface area (Å²) < 4.78 is 13.1. The van der Waals surface area contributed by atoms with Gasteiger partial charge in [-0.1, -0.05) is 30.3 Å². The molecule has 3 heterocycles. The third kappa shape index (κ3) is 4.18. The fourth-order valence-electron chi connectivity index (χ4n) is 4.62. The van der Waals surface area contributed by atoms with Gasteiger partial charge in [-0.2, -0.15) is 5.10 Å². The maximum absolute atomic E-state index is 13.0. The summed E-state index contributed by atoms with van der Waals surface area (Å²) in [5.41, 5.74) is 4.64. The molecule has 172 valence electrons. The van der Waals surface area contributed by atoms with E-state index in [0.29, 0.717) is 38.5 Å². The Labute approximate surface area is 192 Å². The lowest BCUT2D eigenvalue weighted by Crippen LogP contribution is -2.40. The number of aryl methyl sites for hydroxylation is 2. The van der Waals surface area contributed by atoms with Crippen molar-refractivity contribution in [2.75, 3.05) is 26.3 Å². The molecule has 0 radical (unpaired) electrons. The zero-order valence-electron chi connectivity index (χ0n) is 19.0. The number of amides is 2. The molecule has 2 aliphatic rings. The van der Waals surface area contributed by atoms with Crippen molar-refractivity contribution in [3.8, 4) is 11.3 Å². The highest BCUT2D eigenvalue weighted by Gasteiger charge is 2.32. The van der Waals surface area contributed by atoms with Crippen molar-refractivity contribution in [2.24, 2.45) is 0 Å². The third-order valence-corrected chi connectivity index (χ3v) is 6.39. The van der Waals surface area contributed by atoms with E-state index < -0.39 is 0 Å². The van der Waals surface area contributed by atoms with Crippen LogP contribution in [-0.2, 0) is 28.9 Å². The van der Waals surface area contributed by atoms with Crippen LogP contribution in [0.25, 0.3) is 11.3 Å². The number of hydrogen-bond acceptors (Lipinski definition) is 5. The Balaban J connectivity index is 1.33. The molecule has 1 fully saturated rings. The number of carbonyl (C=O) groups is 2. The Morgan fingerprint density at radius 3 is 2.67 bits per heavy atom. The average Bonchev–Trinajstić information content (AvgIpc) is 3.39. The Morgan fingerprint density at radius 1 is 1.15 bits per heavy atom. The summed E-state index contributed by atoms with van der Waals surface area (Å²) in [6.45, 7) is 6.25. The standard InChI is InChI=1S/C25H28N4O4/c1-16-22-20(33-24(16)25(31)28-10-12-32-13-11-28)9-8-19-14-29(27-23(19)22)15-21(30)26-17(2)18-6-4-3-5-7-18/h3-7,14,17H,8-13,15H2,1-2H3,(H,26,30)/t17-/m1/s1. The molecule has 0 saturated carbocycles. The third-order valence-electron chi connectivity index (χ3n) is 6.39. The lowest BCUT2D eigenvalue weighted by atomic mass is 9.93. The number of ether oxygens (including phenoxy) is 1. The molecule has 33 heavy (non-hydrogen) atoms. The molecule has 5 rings (SSSR count). The number of morpholine rings is 1. The second-order valence-electron chi connectivity index (χ2n) is 8.66. The largest absolute Gasteiger partial charge is 0.455 e. The van der Waals surface area contributed by atoms with Crippen molar-refractivity contribution in [1.29, 1.82) is 0 Å². The second kappa shape index (κ2) is 8.86. The molecule has 1 N–H and O–H groups in total. The van der Waals surface area contributed by atoms with E-state index in [0.717, 1.165) is 40.1 Å². The molecule has 1 aromatic carbocycles. The quantitative estimate of drug-likeness (QED) is 0.648. The number of benzene rings is 1. The molecule has 8 nitrogen and oxygen atoms in total. The normalized spacial score (nSPS) is 16.1. The summed E-state index contributed by atoms with van der Waals surface area (Å²) in [6, 6.07) is 9.79. The van der Waals surface area contributed by atoms with Gasteiger partial charge in [0.15, 0.2) is 5.76 Å². The van der Waals surface area contributed by atoms with Crippen LogP contribution in [-0.4, -0.2) is 52.8 Å². The Bertz CT molecular complexity index is 1170. The van der Waals surface area contributed by atoms with E-state index in [1.807, 2.05) is 50.4 Å². The predicted octanol–water partition coefficient (Wildman–Crippen LogP) is 2.90. The smallest absolute Gasteiger partial charge is 0.290 e. The van der Waals surface area contributed by atoms with E-state index in [-0.39, 0.29) is 24.4 Å². The second-order valence-corrected chi connectivity index (χ2v) is 8.66. The van der Waals surface area contributed by atoms with Crippen LogP contribution < -0.4 is 5.32 Å². The first-order chi connectivity index (χ1) is 16.0. The van der Waals surface area contributed by atoms with Crippen molar-refractivity contribution in [1.82, 2.24) is 20.0 Å². The van der Waals surface area contributed by atoms with Crippen LogP contribution in [0.1, 0.15) is 46.0 Å². The number of furan rings is 1. The predicted molar refractivity (Wildman–Crippen MR) is 122 cm³/mol. The van der Waals surface area contributed by atoms with Crippen LogP contribution >= 0.6 is 0 Å². The number of hydrogen-bond donors (Lipinski definition) is 1. The highest BCUT2D eigenvalue weighted by Crippen LogP contribution is 2.38. The van der Waals surface area contributed by atoms with Gasteiger partial charge >= 0.3 is 0 Å². The fourth-order valence-corrected chi connectivity index (χ4v) is 4.62. The van der Waals surface area contributed by atoms with Crippen LogP contribution in [0.2, 0.25) is 0 Å². The van der Waals surface area contributed by atoms with Crippen molar-refractivity contribution in [3.05, 3.63) is 64.7 Å². The van der Waals surface area contributed by atoms with Crippen LogP contribution in [0.5, 0.6) is 0 Å².